The summed E-state index contributed by atoms with van der Waals surface area (Å²) in [5, 5.41) is 5.36. The van der Waals surface area contributed by atoms with Crippen LogP contribution in [-0.4, -0.2) is 12.5 Å². The highest BCUT2D eigenvalue weighted by Gasteiger charge is 2.24. The zero-order valence-corrected chi connectivity index (χ0v) is 16.1. The van der Waals surface area contributed by atoms with Gasteiger partial charge >= 0.3 is 0 Å². The van der Waals surface area contributed by atoms with Crippen molar-refractivity contribution in [1.29, 1.82) is 0 Å². The van der Waals surface area contributed by atoms with Gasteiger partial charge in [0.25, 0.3) is 5.91 Å². The molecular weight excluding hydrogens is 356 g/mol. The number of thiophene rings is 1. The third-order valence-corrected chi connectivity index (χ3v) is 6.00. The van der Waals surface area contributed by atoms with Crippen LogP contribution in [0.25, 0.3) is 0 Å². The van der Waals surface area contributed by atoms with Crippen LogP contribution in [0, 0.1) is 0 Å². The normalized spacial score (nSPS) is 17.3. The van der Waals surface area contributed by atoms with E-state index >= 15 is 0 Å². The number of carbonyl (C=O) groups excluding carboxylic acids is 1. The number of fused-ring (bicyclic) bond motifs is 1. The van der Waals surface area contributed by atoms with Crippen molar-refractivity contribution in [1.82, 2.24) is 5.32 Å². The van der Waals surface area contributed by atoms with E-state index in [0.717, 1.165) is 31.6 Å². The number of carbonyl (C=O) groups is 1. The molecule has 2 atom stereocenters. The highest BCUT2D eigenvalue weighted by Crippen LogP contribution is 2.29. The lowest BCUT2D eigenvalue weighted by Gasteiger charge is -2.27. The average molecular weight is 382 g/mol. The molecule has 1 unspecified atom stereocenters. The van der Waals surface area contributed by atoms with Crippen LogP contribution >= 0.6 is 11.3 Å². The smallest absolute Gasteiger partial charge is 0.275 e. The first-order valence-electron chi connectivity index (χ1n) is 9.53. The van der Waals surface area contributed by atoms with Gasteiger partial charge in [0.05, 0.1) is 17.2 Å². The summed E-state index contributed by atoms with van der Waals surface area (Å²) < 4.78 is 5.51. The first-order valence-corrected chi connectivity index (χ1v) is 10.4. The molecule has 2 aromatic heterocycles. The average Bonchev–Trinajstić information content (AvgIpc) is 3.36. The summed E-state index contributed by atoms with van der Waals surface area (Å²) in [4.78, 5) is 15.3. The Bertz CT molecular complexity index is 822. The van der Waals surface area contributed by atoms with Crippen LogP contribution in [0.2, 0.25) is 0 Å². The minimum Gasteiger partial charge on any atom is -0.463 e. The Kier molecular flexibility index (Phi) is 5.70. The first-order chi connectivity index (χ1) is 13.3. The van der Waals surface area contributed by atoms with E-state index in [9.17, 15) is 4.79 Å². The van der Waals surface area contributed by atoms with Crippen molar-refractivity contribution in [3.05, 3.63) is 81.9 Å². The minimum atomic E-state index is 0.106. The van der Waals surface area contributed by atoms with Crippen molar-refractivity contribution < 1.29 is 14.1 Å². The second kappa shape index (κ2) is 8.55. The lowest BCUT2D eigenvalue weighted by molar-refractivity contribution is -0.920. The summed E-state index contributed by atoms with van der Waals surface area (Å²) in [6, 6.07) is 16.7. The predicted molar refractivity (Wildman–Crippen MR) is 107 cm³/mol. The first kappa shape index (κ1) is 18.0. The van der Waals surface area contributed by atoms with Gasteiger partial charge in [-0.1, -0.05) is 30.3 Å². The molecule has 0 bridgehead atoms. The summed E-state index contributed by atoms with van der Waals surface area (Å²) in [6.45, 7) is 1.98. The molecule has 0 saturated heterocycles. The molecule has 27 heavy (non-hydrogen) atoms. The monoisotopic (exact) mass is 381 g/mol. The maximum absolute atomic E-state index is 12.8. The highest BCUT2D eigenvalue weighted by atomic mass is 32.1. The summed E-state index contributed by atoms with van der Waals surface area (Å²) >= 11 is 1.73. The lowest BCUT2D eigenvalue weighted by atomic mass is 9.88. The summed E-state index contributed by atoms with van der Waals surface area (Å²) in [5.41, 5.74) is 2.65. The Labute approximate surface area is 163 Å². The van der Waals surface area contributed by atoms with Gasteiger partial charge < -0.3 is 14.6 Å². The van der Waals surface area contributed by atoms with Gasteiger partial charge in [0.15, 0.2) is 12.3 Å². The van der Waals surface area contributed by atoms with Crippen LogP contribution in [-0.2, 0) is 24.3 Å². The van der Waals surface area contributed by atoms with Crippen LogP contribution in [0.15, 0.2) is 64.6 Å². The van der Waals surface area contributed by atoms with E-state index in [0.29, 0.717) is 13.1 Å². The predicted octanol–water partition coefficient (Wildman–Crippen LogP) is 3.12. The van der Waals surface area contributed by atoms with Gasteiger partial charge in [-0.3, -0.25) is 4.79 Å². The number of aryl methyl sites for hydroxylation is 1. The van der Waals surface area contributed by atoms with Crippen LogP contribution in [0.3, 0.4) is 0 Å². The molecular formula is C22H25N2O2S+. The minimum absolute atomic E-state index is 0.106. The third-order valence-electron chi connectivity index (χ3n) is 5.12. The van der Waals surface area contributed by atoms with Crippen LogP contribution in [0.4, 0.5) is 0 Å². The molecule has 3 aromatic rings. The summed E-state index contributed by atoms with van der Waals surface area (Å²) in [6.07, 6.45) is 4.94. The SMILES string of the molecule is O=C(C[NH+](Cc1ccco1)Cc1cccs1)N[C@@H]1CCCc2ccccc21. The van der Waals surface area contributed by atoms with Crippen molar-refractivity contribution in [3.63, 3.8) is 0 Å². The standard InChI is InChI=1S/C22H24N2O2S/c25-22(23-21-11-3-7-17-6-1-2-10-20(17)21)16-24(14-18-8-4-12-26-18)15-19-9-5-13-27-19/h1-2,4-6,8-10,12-13,21H,3,7,11,14-16H2,(H,23,25)/p+1/t21-/m1/s1. The number of hydrogen-bond donors (Lipinski definition) is 2. The molecule has 5 heteroatoms. The summed E-state index contributed by atoms with van der Waals surface area (Å²) in [5.74, 6) is 1.02. The van der Waals surface area contributed by atoms with E-state index < -0.39 is 0 Å². The van der Waals surface area contributed by atoms with Crippen molar-refractivity contribution >= 4 is 17.2 Å². The van der Waals surface area contributed by atoms with E-state index in [-0.39, 0.29) is 11.9 Å². The molecule has 0 spiro atoms. The van der Waals surface area contributed by atoms with E-state index in [1.165, 1.54) is 20.9 Å². The largest absolute Gasteiger partial charge is 0.463 e. The quantitative estimate of drug-likeness (QED) is 0.661. The van der Waals surface area contributed by atoms with Gasteiger partial charge in [0.1, 0.15) is 13.1 Å². The van der Waals surface area contributed by atoms with Gasteiger partial charge in [-0.05, 0) is 54.0 Å². The molecule has 0 saturated carbocycles. The molecule has 1 aromatic carbocycles. The van der Waals surface area contributed by atoms with E-state index in [4.69, 9.17) is 4.42 Å². The fourth-order valence-electron chi connectivity index (χ4n) is 3.88. The van der Waals surface area contributed by atoms with Crippen molar-refractivity contribution in [2.24, 2.45) is 0 Å². The highest BCUT2D eigenvalue weighted by molar-refractivity contribution is 7.09. The number of furan rings is 1. The maximum atomic E-state index is 12.8. The van der Waals surface area contributed by atoms with Crippen LogP contribution in [0.1, 0.15) is 40.6 Å². The van der Waals surface area contributed by atoms with Gasteiger partial charge in [-0.25, -0.2) is 0 Å². The Hall–Kier alpha value is -2.37. The molecule has 140 valence electrons. The van der Waals surface area contributed by atoms with Crippen molar-refractivity contribution in [2.75, 3.05) is 6.54 Å². The van der Waals surface area contributed by atoms with E-state index in [2.05, 4.69) is 47.1 Å². The van der Waals surface area contributed by atoms with Gasteiger partial charge in [-0.2, -0.15) is 0 Å². The summed E-state index contributed by atoms with van der Waals surface area (Å²) in [7, 11) is 0. The molecule has 1 aliphatic rings. The molecule has 0 radical (unpaired) electrons. The van der Waals surface area contributed by atoms with E-state index in [1.807, 2.05) is 12.1 Å². The fraction of sp³-hybridized carbons (Fsp3) is 0.318. The topological polar surface area (TPSA) is 46.7 Å². The fourth-order valence-corrected chi connectivity index (χ4v) is 4.66. The van der Waals surface area contributed by atoms with E-state index in [1.54, 1.807) is 17.6 Å². The molecule has 1 aliphatic carbocycles. The Morgan fingerprint density at radius 1 is 1.15 bits per heavy atom. The van der Waals surface area contributed by atoms with Crippen molar-refractivity contribution in [3.8, 4) is 0 Å². The Morgan fingerprint density at radius 3 is 2.89 bits per heavy atom. The number of benzene rings is 1. The third kappa shape index (κ3) is 4.67. The molecule has 4 nitrogen and oxygen atoms in total. The van der Waals surface area contributed by atoms with Crippen molar-refractivity contribution in [2.45, 2.75) is 38.4 Å². The number of hydrogen-bond acceptors (Lipinski definition) is 3. The second-order valence-electron chi connectivity index (χ2n) is 7.15. The van der Waals surface area contributed by atoms with Crippen LogP contribution < -0.4 is 10.2 Å². The molecule has 2 N–H and O–H groups in total. The van der Waals surface area contributed by atoms with Gasteiger partial charge in [0, 0.05) is 0 Å². The lowest BCUT2D eigenvalue weighted by Crippen LogP contribution is -3.10. The number of nitrogens with one attached hydrogen (secondary N) is 2. The second-order valence-corrected chi connectivity index (χ2v) is 8.18. The number of quaternary nitrogens is 1. The molecule has 0 aliphatic heterocycles. The van der Waals surface area contributed by atoms with Gasteiger partial charge in [-0.15, -0.1) is 11.3 Å². The number of amides is 1. The zero-order valence-electron chi connectivity index (χ0n) is 15.3. The zero-order chi connectivity index (χ0) is 18.5. The maximum Gasteiger partial charge on any atom is 0.275 e. The molecule has 0 fully saturated rings. The number of rotatable bonds is 7. The van der Waals surface area contributed by atoms with Crippen LogP contribution in [0.5, 0.6) is 0 Å². The Balaban J connectivity index is 1.42. The van der Waals surface area contributed by atoms with Gasteiger partial charge in [0.2, 0.25) is 0 Å². The Morgan fingerprint density at radius 2 is 2.07 bits per heavy atom. The molecule has 1 amide bonds. The molecule has 4 rings (SSSR count). The molecule has 2 heterocycles.